The smallest absolute Gasteiger partial charge is 0.310 e. The molecular formula is C26H25BO2S. The summed E-state index contributed by atoms with van der Waals surface area (Å²) in [5.41, 5.74) is -0.410. The minimum Gasteiger partial charge on any atom is -0.427 e. The highest BCUT2D eigenvalue weighted by Gasteiger charge is 2.35. The third-order valence-corrected chi connectivity index (χ3v) is 7.63. The first-order chi connectivity index (χ1) is 14.2. The summed E-state index contributed by atoms with van der Waals surface area (Å²) in [4.78, 5) is 0. The van der Waals surface area contributed by atoms with Crippen molar-refractivity contribution in [2.45, 2.75) is 38.9 Å². The summed E-state index contributed by atoms with van der Waals surface area (Å²) in [6, 6.07) is 24.1. The predicted octanol–water partition coefficient (Wildman–Crippen LogP) is 5.90. The van der Waals surface area contributed by atoms with Crippen LogP contribution in [0.25, 0.3) is 41.7 Å². The number of aliphatic hydroxyl groups is 1. The summed E-state index contributed by atoms with van der Waals surface area (Å²) in [6.45, 7) is 7.48. The highest BCUT2D eigenvalue weighted by molar-refractivity contribution is 7.26. The first-order valence-corrected chi connectivity index (χ1v) is 11.2. The van der Waals surface area contributed by atoms with E-state index in [1.54, 1.807) is 13.8 Å². The van der Waals surface area contributed by atoms with Crippen LogP contribution in [0.3, 0.4) is 0 Å². The Balaban J connectivity index is 1.71. The highest BCUT2D eigenvalue weighted by Crippen LogP contribution is 2.37. The molecule has 0 radical (unpaired) electrons. The summed E-state index contributed by atoms with van der Waals surface area (Å²) in [7, 11) is 0.466. The van der Waals surface area contributed by atoms with Crippen LogP contribution in [0, 0.1) is 0 Å². The molecule has 0 amide bonds. The van der Waals surface area contributed by atoms with Crippen molar-refractivity contribution >= 4 is 66.0 Å². The van der Waals surface area contributed by atoms with Crippen LogP contribution in [0.1, 0.15) is 27.7 Å². The van der Waals surface area contributed by atoms with E-state index in [1.807, 2.05) is 25.2 Å². The molecule has 0 atom stereocenters. The van der Waals surface area contributed by atoms with Gasteiger partial charge in [-0.3, -0.25) is 0 Å². The molecule has 2 nitrogen and oxygen atoms in total. The SMILES string of the molecule is CC(C)(O)C(C)(C)OBc1cccc2sc3cc4ccc5ccccc5c4cc3c12. The second kappa shape index (κ2) is 6.81. The third-order valence-electron chi connectivity index (χ3n) is 6.51. The van der Waals surface area contributed by atoms with Gasteiger partial charge < -0.3 is 9.76 Å². The topological polar surface area (TPSA) is 29.5 Å². The summed E-state index contributed by atoms with van der Waals surface area (Å²) in [5.74, 6) is 0. The van der Waals surface area contributed by atoms with Crippen molar-refractivity contribution in [1.82, 2.24) is 0 Å². The molecule has 4 heteroatoms. The van der Waals surface area contributed by atoms with Gasteiger partial charge >= 0.3 is 7.48 Å². The van der Waals surface area contributed by atoms with Gasteiger partial charge in [-0.25, -0.2) is 0 Å². The van der Waals surface area contributed by atoms with Gasteiger partial charge in [0.2, 0.25) is 0 Å². The fourth-order valence-corrected chi connectivity index (χ4v) is 5.14. The molecule has 5 aromatic rings. The molecule has 0 bridgehead atoms. The molecule has 0 aliphatic carbocycles. The van der Waals surface area contributed by atoms with E-state index in [0.29, 0.717) is 7.48 Å². The Morgan fingerprint density at radius 3 is 2.33 bits per heavy atom. The largest absolute Gasteiger partial charge is 0.427 e. The van der Waals surface area contributed by atoms with Crippen LogP contribution in [0.4, 0.5) is 0 Å². The van der Waals surface area contributed by atoms with Crippen molar-refractivity contribution in [3.63, 3.8) is 0 Å². The van der Waals surface area contributed by atoms with Crippen molar-refractivity contribution in [2.24, 2.45) is 0 Å². The molecule has 0 unspecified atom stereocenters. The standard InChI is InChI=1S/C26H25BO2S/c1-25(2,28)26(3,4)29-27-21-10-7-11-22-24(21)20-15-19-17(14-23(20)30-22)13-12-16-8-5-6-9-18(16)19/h5-15,27-28H,1-4H3. The lowest BCUT2D eigenvalue weighted by Crippen LogP contribution is -2.49. The van der Waals surface area contributed by atoms with Crippen LogP contribution < -0.4 is 5.46 Å². The van der Waals surface area contributed by atoms with E-state index < -0.39 is 11.2 Å². The molecule has 150 valence electrons. The highest BCUT2D eigenvalue weighted by atomic mass is 32.1. The van der Waals surface area contributed by atoms with Gasteiger partial charge in [-0.2, -0.15) is 0 Å². The number of thiophene rings is 1. The monoisotopic (exact) mass is 412 g/mol. The number of hydrogen-bond donors (Lipinski definition) is 1. The van der Waals surface area contributed by atoms with Gasteiger partial charge in [-0.15, -0.1) is 11.3 Å². The van der Waals surface area contributed by atoms with Gasteiger partial charge in [0.1, 0.15) is 0 Å². The lowest BCUT2D eigenvalue weighted by Gasteiger charge is -2.37. The Hall–Kier alpha value is -2.40. The second-order valence-electron chi connectivity index (χ2n) is 9.11. The lowest BCUT2D eigenvalue weighted by molar-refractivity contribution is -0.0893. The summed E-state index contributed by atoms with van der Waals surface area (Å²) in [6.07, 6.45) is 0. The molecule has 1 aromatic heterocycles. The molecule has 4 aromatic carbocycles. The Bertz CT molecular complexity index is 1410. The van der Waals surface area contributed by atoms with Crippen LogP contribution >= 0.6 is 11.3 Å². The van der Waals surface area contributed by atoms with Crippen molar-refractivity contribution in [1.29, 1.82) is 0 Å². The zero-order chi connectivity index (χ0) is 21.1. The van der Waals surface area contributed by atoms with E-state index in [1.165, 1.54) is 41.7 Å². The van der Waals surface area contributed by atoms with Crippen molar-refractivity contribution < 1.29 is 9.76 Å². The lowest BCUT2D eigenvalue weighted by atomic mass is 9.80. The molecule has 0 spiro atoms. The van der Waals surface area contributed by atoms with Gasteiger partial charge in [0.05, 0.1) is 11.2 Å². The maximum absolute atomic E-state index is 10.5. The predicted molar refractivity (Wildman–Crippen MR) is 133 cm³/mol. The molecule has 0 saturated carbocycles. The first kappa shape index (κ1) is 19.6. The molecule has 0 aliphatic rings. The maximum atomic E-state index is 10.5. The maximum Gasteiger partial charge on any atom is 0.310 e. The molecule has 0 fully saturated rings. The van der Waals surface area contributed by atoms with Gasteiger partial charge in [0, 0.05) is 14.8 Å². The Labute approximate surface area is 181 Å². The number of fused-ring (bicyclic) bond motifs is 6. The van der Waals surface area contributed by atoms with Gasteiger partial charge in [-0.05, 0) is 78.3 Å². The second-order valence-corrected chi connectivity index (χ2v) is 10.2. The molecule has 5 rings (SSSR count). The average Bonchev–Trinajstić information content (AvgIpc) is 3.08. The molecule has 0 aliphatic heterocycles. The van der Waals surface area contributed by atoms with E-state index in [9.17, 15) is 5.11 Å². The van der Waals surface area contributed by atoms with E-state index in [-0.39, 0.29) is 0 Å². The van der Waals surface area contributed by atoms with Crippen LogP contribution in [-0.4, -0.2) is 23.8 Å². The van der Waals surface area contributed by atoms with Gasteiger partial charge in [0.15, 0.2) is 0 Å². The fourth-order valence-electron chi connectivity index (χ4n) is 3.95. The number of rotatable bonds is 4. The Morgan fingerprint density at radius 2 is 1.53 bits per heavy atom. The van der Waals surface area contributed by atoms with E-state index >= 15 is 0 Å². The van der Waals surface area contributed by atoms with Crippen LogP contribution in [0.5, 0.6) is 0 Å². The zero-order valence-electron chi connectivity index (χ0n) is 17.8. The van der Waals surface area contributed by atoms with Crippen LogP contribution in [0.15, 0.2) is 66.7 Å². The van der Waals surface area contributed by atoms with Crippen molar-refractivity contribution in [3.8, 4) is 0 Å². The molecule has 30 heavy (non-hydrogen) atoms. The summed E-state index contributed by atoms with van der Waals surface area (Å²) >= 11 is 1.83. The molecule has 1 N–H and O–H groups in total. The average molecular weight is 412 g/mol. The Kier molecular flexibility index (Phi) is 4.44. The Morgan fingerprint density at radius 1 is 0.767 bits per heavy atom. The summed E-state index contributed by atoms with van der Waals surface area (Å²) < 4.78 is 8.78. The van der Waals surface area contributed by atoms with Gasteiger partial charge in [-0.1, -0.05) is 48.5 Å². The van der Waals surface area contributed by atoms with Gasteiger partial charge in [0.25, 0.3) is 0 Å². The van der Waals surface area contributed by atoms with Crippen LogP contribution in [-0.2, 0) is 4.65 Å². The van der Waals surface area contributed by atoms with E-state index in [4.69, 9.17) is 4.65 Å². The number of benzene rings is 4. The molecule has 1 heterocycles. The fraction of sp³-hybridized carbons (Fsp3) is 0.231. The normalized spacial score (nSPS) is 13.0. The minimum atomic E-state index is -0.924. The summed E-state index contributed by atoms with van der Waals surface area (Å²) in [5, 5.41) is 18.1. The van der Waals surface area contributed by atoms with Crippen LogP contribution in [0.2, 0.25) is 0 Å². The first-order valence-electron chi connectivity index (χ1n) is 10.4. The van der Waals surface area contributed by atoms with E-state index in [2.05, 4.69) is 66.7 Å². The minimum absolute atomic E-state index is 0.466. The third kappa shape index (κ3) is 3.11. The zero-order valence-corrected chi connectivity index (χ0v) is 18.6. The van der Waals surface area contributed by atoms with Crippen molar-refractivity contribution in [2.75, 3.05) is 0 Å². The van der Waals surface area contributed by atoms with Crippen molar-refractivity contribution in [3.05, 3.63) is 66.7 Å². The molecular weight excluding hydrogens is 387 g/mol. The van der Waals surface area contributed by atoms with E-state index in [0.717, 1.165) is 5.46 Å². The number of hydrogen-bond acceptors (Lipinski definition) is 3. The quantitative estimate of drug-likeness (QED) is 0.294. The molecule has 0 saturated heterocycles.